The molecule has 3 fully saturated rings. The Morgan fingerprint density at radius 1 is 1.18 bits per heavy atom. The second-order valence-electron chi connectivity index (χ2n) is 11.6. The highest BCUT2D eigenvalue weighted by atomic mass is 16.3. The van der Waals surface area contributed by atoms with E-state index in [4.69, 9.17) is 0 Å². The van der Waals surface area contributed by atoms with Crippen LogP contribution < -0.4 is 10.6 Å². The van der Waals surface area contributed by atoms with Gasteiger partial charge in [0.1, 0.15) is 0 Å². The van der Waals surface area contributed by atoms with Crippen molar-refractivity contribution in [3.05, 3.63) is 30.1 Å². The Hall–Kier alpha value is -1.95. The highest BCUT2D eigenvalue weighted by molar-refractivity contribution is 5.79. The van der Waals surface area contributed by atoms with Crippen LogP contribution in [0.15, 0.2) is 24.5 Å². The maximum atomic E-state index is 13.0. The van der Waals surface area contributed by atoms with Crippen LogP contribution in [0.1, 0.15) is 84.1 Å². The van der Waals surface area contributed by atoms with Crippen molar-refractivity contribution >= 4 is 11.8 Å². The molecular formula is C28H43N3O3. The molecule has 6 heteroatoms. The molecule has 6 nitrogen and oxygen atoms in total. The molecular weight excluding hydrogens is 426 g/mol. The number of nitrogens with one attached hydrogen (secondary N) is 2. The van der Waals surface area contributed by atoms with Crippen LogP contribution in [0.4, 0.5) is 0 Å². The van der Waals surface area contributed by atoms with Crippen molar-refractivity contribution in [2.45, 2.75) is 97.2 Å². The van der Waals surface area contributed by atoms with E-state index >= 15 is 0 Å². The van der Waals surface area contributed by atoms with E-state index in [1.807, 2.05) is 19.1 Å². The summed E-state index contributed by atoms with van der Waals surface area (Å²) in [5, 5.41) is 18.0. The number of aliphatic hydroxyl groups excluding tert-OH is 1. The molecule has 0 bridgehead atoms. The number of fused-ring (bicyclic) bond motifs is 1. The SMILES string of the molecule is C[C@@H]1[C@@H]2[C@@H](O)[C@H]([C@H](C)C(=O)NCc3cccnc3)CC[C@]2(C)CC[C@@H]1NC(=O)C1CCCCC1. The Kier molecular flexibility index (Phi) is 7.96. The lowest BCUT2D eigenvalue weighted by atomic mass is 9.51. The molecule has 2 amide bonds. The van der Waals surface area contributed by atoms with Crippen LogP contribution in [0, 0.1) is 35.0 Å². The number of carbonyl (C=O) groups is 2. The number of aliphatic hydroxyl groups is 1. The minimum absolute atomic E-state index is 0.0119. The zero-order chi connectivity index (χ0) is 24.3. The van der Waals surface area contributed by atoms with Gasteiger partial charge in [-0.3, -0.25) is 14.6 Å². The molecule has 1 aromatic rings. The first-order valence-corrected chi connectivity index (χ1v) is 13.5. The monoisotopic (exact) mass is 469 g/mol. The zero-order valence-electron chi connectivity index (χ0n) is 21.1. The summed E-state index contributed by atoms with van der Waals surface area (Å²) >= 11 is 0. The Labute approximate surface area is 204 Å². The lowest BCUT2D eigenvalue weighted by Gasteiger charge is -2.56. The number of hydrogen-bond acceptors (Lipinski definition) is 4. The highest BCUT2D eigenvalue weighted by Gasteiger charge is 2.54. The summed E-state index contributed by atoms with van der Waals surface area (Å²) in [6, 6.07) is 3.92. The molecule has 3 saturated carbocycles. The molecule has 0 spiro atoms. The number of pyridine rings is 1. The Balaban J connectivity index is 1.39. The quantitative estimate of drug-likeness (QED) is 0.582. The van der Waals surface area contributed by atoms with Crippen LogP contribution in [0.25, 0.3) is 0 Å². The third-order valence-corrected chi connectivity index (χ3v) is 9.44. The van der Waals surface area contributed by atoms with Gasteiger partial charge in [-0.1, -0.05) is 46.1 Å². The summed E-state index contributed by atoms with van der Waals surface area (Å²) in [4.78, 5) is 30.0. The Morgan fingerprint density at radius 3 is 2.62 bits per heavy atom. The lowest BCUT2D eigenvalue weighted by molar-refractivity contribution is -0.144. The van der Waals surface area contributed by atoms with Crippen LogP contribution in [0.5, 0.6) is 0 Å². The number of aromatic nitrogens is 1. The van der Waals surface area contributed by atoms with E-state index in [-0.39, 0.29) is 52.9 Å². The summed E-state index contributed by atoms with van der Waals surface area (Å²) < 4.78 is 0. The predicted molar refractivity (Wildman–Crippen MR) is 132 cm³/mol. The second kappa shape index (κ2) is 10.8. The minimum Gasteiger partial charge on any atom is -0.392 e. The van der Waals surface area contributed by atoms with E-state index in [9.17, 15) is 14.7 Å². The van der Waals surface area contributed by atoms with Crippen molar-refractivity contribution in [1.82, 2.24) is 15.6 Å². The molecule has 4 rings (SSSR count). The zero-order valence-corrected chi connectivity index (χ0v) is 21.1. The molecule has 188 valence electrons. The molecule has 0 unspecified atom stereocenters. The van der Waals surface area contributed by atoms with E-state index < -0.39 is 6.10 Å². The first-order valence-electron chi connectivity index (χ1n) is 13.5. The topological polar surface area (TPSA) is 91.3 Å². The third-order valence-electron chi connectivity index (χ3n) is 9.44. The van der Waals surface area contributed by atoms with Gasteiger partial charge in [0.25, 0.3) is 0 Å². The van der Waals surface area contributed by atoms with Gasteiger partial charge in [0.05, 0.1) is 6.10 Å². The third kappa shape index (κ3) is 5.32. The minimum atomic E-state index is -0.540. The molecule has 1 heterocycles. The fraction of sp³-hybridized carbons (Fsp3) is 0.750. The first-order chi connectivity index (χ1) is 16.3. The van der Waals surface area contributed by atoms with Gasteiger partial charge in [0, 0.05) is 36.8 Å². The fourth-order valence-electron chi connectivity index (χ4n) is 7.21. The normalized spacial score (nSPS) is 35.1. The number of nitrogens with zero attached hydrogens (tertiary/aromatic N) is 1. The van der Waals surface area contributed by atoms with Crippen molar-refractivity contribution in [2.24, 2.45) is 35.0 Å². The predicted octanol–water partition coefficient (Wildman–Crippen LogP) is 4.22. The smallest absolute Gasteiger partial charge is 0.223 e. The van der Waals surface area contributed by atoms with E-state index in [2.05, 4.69) is 29.5 Å². The van der Waals surface area contributed by atoms with Gasteiger partial charge in [-0.05, 0) is 73.3 Å². The second-order valence-corrected chi connectivity index (χ2v) is 11.6. The molecule has 3 aliphatic rings. The standard InChI is InChI=1S/C28H43N3O3/c1-18(26(33)30-17-20-8-7-15-29-16-20)22-11-13-28(3)14-12-23(19(2)24(28)25(22)32)31-27(34)21-9-5-4-6-10-21/h7-8,15-16,18-19,21-25,32H,4-6,9-14,17H2,1-3H3,(H,30,33)(H,31,34)/t18-,19-,22-,23-,24+,25-,28+/m0/s1. The van der Waals surface area contributed by atoms with E-state index in [0.717, 1.165) is 56.9 Å². The average Bonchev–Trinajstić information content (AvgIpc) is 2.85. The van der Waals surface area contributed by atoms with Crippen LogP contribution >= 0.6 is 0 Å². The Bertz CT molecular complexity index is 841. The van der Waals surface area contributed by atoms with Crippen molar-refractivity contribution in [3.8, 4) is 0 Å². The van der Waals surface area contributed by atoms with E-state index in [0.29, 0.717) is 6.54 Å². The maximum Gasteiger partial charge on any atom is 0.223 e. The molecule has 0 saturated heterocycles. The van der Waals surface area contributed by atoms with Crippen molar-refractivity contribution < 1.29 is 14.7 Å². The van der Waals surface area contributed by atoms with E-state index in [1.165, 1.54) is 6.42 Å². The molecule has 1 aromatic heterocycles. The van der Waals surface area contributed by atoms with E-state index in [1.54, 1.807) is 12.4 Å². The lowest BCUT2D eigenvalue weighted by Crippen LogP contribution is -2.59. The highest BCUT2D eigenvalue weighted by Crippen LogP contribution is 2.55. The molecule has 3 aliphatic carbocycles. The molecule has 0 aliphatic heterocycles. The molecule has 0 radical (unpaired) electrons. The van der Waals surface area contributed by atoms with Gasteiger partial charge in [-0.15, -0.1) is 0 Å². The molecule has 0 aromatic carbocycles. The van der Waals surface area contributed by atoms with Crippen LogP contribution in [0.3, 0.4) is 0 Å². The van der Waals surface area contributed by atoms with Gasteiger partial charge in [0.2, 0.25) is 11.8 Å². The van der Waals surface area contributed by atoms with Gasteiger partial charge >= 0.3 is 0 Å². The summed E-state index contributed by atoms with van der Waals surface area (Å²) in [7, 11) is 0. The summed E-state index contributed by atoms with van der Waals surface area (Å²) in [6.45, 7) is 6.91. The van der Waals surface area contributed by atoms with Crippen LogP contribution in [0.2, 0.25) is 0 Å². The van der Waals surface area contributed by atoms with Crippen molar-refractivity contribution in [3.63, 3.8) is 0 Å². The number of rotatable bonds is 6. The number of amides is 2. The average molecular weight is 470 g/mol. The van der Waals surface area contributed by atoms with Crippen LogP contribution in [-0.4, -0.2) is 34.1 Å². The summed E-state index contributed by atoms with van der Waals surface area (Å²) in [5.41, 5.74) is 1.03. The van der Waals surface area contributed by atoms with Crippen molar-refractivity contribution in [2.75, 3.05) is 0 Å². The number of carbonyl (C=O) groups excluding carboxylic acids is 2. The largest absolute Gasteiger partial charge is 0.392 e. The first kappa shape index (κ1) is 25.2. The maximum absolute atomic E-state index is 13.0. The van der Waals surface area contributed by atoms with Crippen LogP contribution in [-0.2, 0) is 16.1 Å². The Morgan fingerprint density at radius 2 is 1.91 bits per heavy atom. The molecule has 34 heavy (non-hydrogen) atoms. The molecule has 3 N–H and O–H groups in total. The van der Waals surface area contributed by atoms with Crippen molar-refractivity contribution in [1.29, 1.82) is 0 Å². The molecule has 7 atom stereocenters. The van der Waals surface area contributed by atoms with Gasteiger partial charge in [-0.2, -0.15) is 0 Å². The number of hydrogen-bond donors (Lipinski definition) is 3. The van der Waals surface area contributed by atoms with Gasteiger partial charge in [0.15, 0.2) is 0 Å². The van der Waals surface area contributed by atoms with Gasteiger partial charge in [-0.25, -0.2) is 0 Å². The summed E-state index contributed by atoms with van der Waals surface area (Å²) in [6.07, 6.45) is 12.4. The van der Waals surface area contributed by atoms with Gasteiger partial charge < -0.3 is 15.7 Å². The fourth-order valence-corrected chi connectivity index (χ4v) is 7.21. The summed E-state index contributed by atoms with van der Waals surface area (Å²) in [5.74, 6) is 0.303.